The Kier molecular flexibility index (Phi) is 3.94. The van der Waals surface area contributed by atoms with Gasteiger partial charge in [0, 0.05) is 0 Å². The normalized spacial score (nSPS) is 19.5. The van der Waals surface area contributed by atoms with Crippen LogP contribution in [0.3, 0.4) is 0 Å². The van der Waals surface area contributed by atoms with Crippen LogP contribution in [0.25, 0.3) is 0 Å². The number of aromatic hydroxyl groups is 3. The molecule has 2 atom stereocenters. The van der Waals surface area contributed by atoms with Gasteiger partial charge in [0.2, 0.25) is 0 Å². The van der Waals surface area contributed by atoms with Gasteiger partial charge in [0.25, 0.3) is 0 Å². The number of aliphatic carboxylic acids is 1. The van der Waals surface area contributed by atoms with Crippen LogP contribution >= 0.6 is 0 Å². The Hall–Kier alpha value is -2.93. The fraction of sp³-hybridized carbons (Fsp3) is 0.235. The van der Waals surface area contributed by atoms with Crippen molar-refractivity contribution in [2.45, 2.75) is 18.5 Å². The van der Waals surface area contributed by atoms with Gasteiger partial charge in [-0.2, -0.15) is 0 Å². The molecule has 7 nitrogen and oxygen atoms in total. The third kappa shape index (κ3) is 2.69. The molecule has 1 aliphatic heterocycles. The van der Waals surface area contributed by atoms with Crippen LogP contribution in [-0.4, -0.2) is 39.5 Å². The molecular formula is C17H17NO6. The molecule has 0 bridgehead atoms. The summed E-state index contributed by atoms with van der Waals surface area (Å²) in [5, 5.41) is 41.6. The molecule has 0 amide bonds. The van der Waals surface area contributed by atoms with Crippen molar-refractivity contribution in [3.8, 4) is 23.0 Å². The molecule has 0 saturated heterocycles. The van der Waals surface area contributed by atoms with Gasteiger partial charge in [-0.05, 0) is 47.4 Å². The molecule has 2 aromatic rings. The van der Waals surface area contributed by atoms with Crippen molar-refractivity contribution in [1.29, 1.82) is 0 Å². The number of phenols is 3. The minimum Gasteiger partial charge on any atom is -0.504 e. The van der Waals surface area contributed by atoms with Crippen molar-refractivity contribution in [1.82, 2.24) is 5.32 Å². The molecule has 0 aromatic heterocycles. The Labute approximate surface area is 137 Å². The highest BCUT2D eigenvalue weighted by molar-refractivity contribution is 5.75. The van der Waals surface area contributed by atoms with E-state index in [0.717, 1.165) is 0 Å². The minimum atomic E-state index is -1.01. The van der Waals surface area contributed by atoms with Gasteiger partial charge in [0.05, 0.1) is 13.2 Å². The van der Waals surface area contributed by atoms with Crippen molar-refractivity contribution in [3.63, 3.8) is 0 Å². The zero-order valence-electron chi connectivity index (χ0n) is 12.9. The minimum absolute atomic E-state index is 0.0272. The first kappa shape index (κ1) is 15.9. The summed E-state index contributed by atoms with van der Waals surface area (Å²) in [7, 11) is 1.42. The van der Waals surface area contributed by atoms with Crippen LogP contribution in [0.4, 0.5) is 0 Å². The van der Waals surface area contributed by atoms with E-state index in [0.29, 0.717) is 16.7 Å². The Bertz CT molecular complexity index is 804. The van der Waals surface area contributed by atoms with E-state index in [2.05, 4.69) is 5.32 Å². The maximum absolute atomic E-state index is 11.4. The summed E-state index contributed by atoms with van der Waals surface area (Å²) in [6.07, 6.45) is 0.185. The maximum Gasteiger partial charge on any atom is 0.321 e. The van der Waals surface area contributed by atoms with Gasteiger partial charge in [0.15, 0.2) is 23.0 Å². The smallest absolute Gasteiger partial charge is 0.321 e. The van der Waals surface area contributed by atoms with Gasteiger partial charge >= 0.3 is 5.97 Å². The van der Waals surface area contributed by atoms with Gasteiger partial charge in [-0.25, -0.2) is 0 Å². The highest BCUT2D eigenvalue weighted by Crippen LogP contribution is 2.39. The molecule has 1 aliphatic rings. The average molecular weight is 331 g/mol. The molecule has 24 heavy (non-hydrogen) atoms. The van der Waals surface area contributed by atoms with Crippen LogP contribution in [-0.2, 0) is 11.2 Å². The molecule has 5 N–H and O–H groups in total. The number of carbonyl (C=O) groups is 1. The molecule has 0 radical (unpaired) electrons. The third-order valence-corrected chi connectivity index (χ3v) is 4.17. The van der Waals surface area contributed by atoms with E-state index in [1.54, 1.807) is 12.1 Å². The van der Waals surface area contributed by atoms with Gasteiger partial charge in [-0.3, -0.25) is 10.1 Å². The molecule has 126 valence electrons. The summed E-state index contributed by atoms with van der Waals surface area (Å²) in [4.78, 5) is 11.4. The number of phenolic OH excluding ortho intramolecular Hbond substituents is 3. The van der Waals surface area contributed by atoms with Gasteiger partial charge in [-0.1, -0.05) is 6.07 Å². The SMILES string of the molecule is COc1cc(C2NC(C(=O)O)Cc3cc(O)c(O)cc32)ccc1O. The molecule has 0 aliphatic carbocycles. The Morgan fingerprint density at radius 2 is 1.83 bits per heavy atom. The van der Waals surface area contributed by atoms with Crippen molar-refractivity contribution in [2.24, 2.45) is 0 Å². The highest BCUT2D eigenvalue weighted by Gasteiger charge is 2.32. The number of carboxylic acid groups (broad SMARTS) is 1. The van der Waals surface area contributed by atoms with Crippen molar-refractivity contribution < 1.29 is 30.0 Å². The summed E-state index contributed by atoms with van der Waals surface area (Å²) >= 11 is 0. The fourth-order valence-corrected chi connectivity index (χ4v) is 2.96. The second-order valence-corrected chi connectivity index (χ2v) is 5.67. The molecular weight excluding hydrogens is 314 g/mol. The lowest BCUT2D eigenvalue weighted by Gasteiger charge is -2.32. The number of fused-ring (bicyclic) bond motifs is 1. The van der Waals surface area contributed by atoms with Gasteiger partial charge in [-0.15, -0.1) is 0 Å². The monoisotopic (exact) mass is 331 g/mol. The lowest BCUT2D eigenvalue weighted by atomic mass is 9.86. The maximum atomic E-state index is 11.4. The number of ether oxygens (including phenoxy) is 1. The van der Waals surface area contributed by atoms with E-state index in [9.17, 15) is 25.2 Å². The van der Waals surface area contributed by atoms with E-state index in [1.807, 2.05) is 0 Å². The van der Waals surface area contributed by atoms with Crippen molar-refractivity contribution >= 4 is 5.97 Å². The van der Waals surface area contributed by atoms with E-state index < -0.39 is 18.1 Å². The lowest BCUT2D eigenvalue weighted by Crippen LogP contribution is -2.45. The number of nitrogens with one attached hydrogen (secondary N) is 1. The first-order chi connectivity index (χ1) is 11.4. The summed E-state index contributed by atoms with van der Waals surface area (Å²) < 4.78 is 5.10. The van der Waals surface area contributed by atoms with Crippen LogP contribution in [0, 0.1) is 0 Å². The van der Waals surface area contributed by atoms with E-state index in [-0.39, 0.29) is 29.4 Å². The molecule has 7 heteroatoms. The molecule has 0 spiro atoms. The lowest BCUT2D eigenvalue weighted by molar-refractivity contribution is -0.139. The topological polar surface area (TPSA) is 119 Å². The summed E-state index contributed by atoms with van der Waals surface area (Å²) in [6, 6.07) is 6.13. The number of rotatable bonds is 3. The van der Waals surface area contributed by atoms with E-state index in [4.69, 9.17) is 4.74 Å². The number of hydrogen-bond acceptors (Lipinski definition) is 6. The fourth-order valence-electron chi connectivity index (χ4n) is 2.96. The molecule has 1 heterocycles. The Morgan fingerprint density at radius 1 is 1.12 bits per heavy atom. The third-order valence-electron chi connectivity index (χ3n) is 4.17. The van der Waals surface area contributed by atoms with E-state index in [1.165, 1.54) is 25.3 Å². The van der Waals surface area contributed by atoms with Gasteiger partial charge in [0.1, 0.15) is 6.04 Å². The first-order valence-electron chi connectivity index (χ1n) is 7.31. The molecule has 2 unspecified atom stereocenters. The Balaban J connectivity index is 2.13. The van der Waals surface area contributed by atoms with Crippen LogP contribution in [0.15, 0.2) is 30.3 Å². The average Bonchev–Trinajstić information content (AvgIpc) is 2.55. The quantitative estimate of drug-likeness (QED) is 0.541. The summed E-state index contributed by atoms with van der Waals surface area (Å²) in [6.45, 7) is 0. The van der Waals surface area contributed by atoms with Gasteiger partial charge < -0.3 is 25.2 Å². The van der Waals surface area contributed by atoms with Crippen molar-refractivity contribution in [3.05, 3.63) is 47.0 Å². The number of carboxylic acids is 1. The first-order valence-corrected chi connectivity index (χ1v) is 7.31. The van der Waals surface area contributed by atoms with Crippen LogP contribution in [0.1, 0.15) is 22.7 Å². The summed E-state index contributed by atoms with van der Waals surface area (Å²) in [5.74, 6) is -1.34. The Morgan fingerprint density at radius 3 is 2.50 bits per heavy atom. The van der Waals surface area contributed by atoms with Crippen LogP contribution in [0.2, 0.25) is 0 Å². The number of hydrogen-bond donors (Lipinski definition) is 5. The van der Waals surface area contributed by atoms with Crippen molar-refractivity contribution in [2.75, 3.05) is 7.11 Å². The zero-order valence-corrected chi connectivity index (χ0v) is 12.9. The number of benzene rings is 2. The second-order valence-electron chi connectivity index (χ2n) is 5.67. The van der Waals surface area contributed by atoms with Crippen LogP contribution in [0.5, 0.6) is 23.0 Å². The second kappa shape index (κ2) is 5.93. The van der Waals surface area contributed by atoms with Crippen LogP contribution < -0.4 is 10.1 Å². The predicted molar refractivity (Wildman–Crippen MR) is 84.5 cm³/mol. The molecule has 2 aromatic carbocycles. The molecule has 0 fully saturated rings. The summed E-state index contributed by atoms with van der Waals surface area (Å²) in [5.41, 5.74) is 1.96. The number of methoxy groups -OCH3 is 1. The molecule has 3 rings (SSSR count). The highest BCUT2D eigenvalue weighted by atomic mass is 16.5. The predicted octanol–water partition coefficient (Wildman–Crippen LogP) is 1.50. The standard InChI is InChI=1S/C17H17NO6/c1-24-15-6-8(2-3-12(15)19)16-10-7-14(21)13(20)5-9(10)4-11(18-16)17(22)23/h2-3,5-7,11,16,18-21H,4H2,1H3,(H,22,23). The zero-order chi connectivity index (χ0) is 17.4. The van der Waals surface area contributed by atoms with E-state index >= 15 is 0 Å². The molecule has 0 saturated carbocycles. The largest absolute Gasteiger partial charge is 0.504 e.